The Morgan fingerprint density at radius 3 is 2.64 bits per heavy atom. The minimum Gasteiger partial charge on any atom is -0.353 e. The Labute approximate surface area is 135 Å². The van der Waals surface area contributed by atoms with E-state index < -0.39 is 0 Å². The fourth-order valence-corrected chi connectivity index (χ4v) is 2.16. The van der Waals surface area contributed by atoms with Crippen molar-refractivity contribution in [1.82, 2.24) is 0 Å². The van der Waals surface area contributed by atoms with Crippen LogP contribution in [-0.2, 0) is 14.3 Å². The lowest BCUT2D eigenvalue weighted by Crippen LogP contribution is -2.22. The molecule has 1 unspecified atom stereocenters. The van der Waals surface area contributed by atoms with Crippen molar-refractivity contribution in [3.05, 3.63) is 36.5 Å². The fourth-order valence-electron chi connectivity index (χ4n) is 2.16. The number of aldehydes is 1. The van der Waals surface area contributed by atoms with E-state index in [9.17, 15) is 4.79 Å². The quantitative estimate of drug-likeness (QED) is 0.318. The summed E-state index contributed by atoms with van der Waals surface area (Å²) in [5.41, 5.74) is 0. The molecule has 0 aromatic rings. The molecule has 0 aromatic carbocycles. The molecule has 0 aliphatic carbocycles. The summed E-state index contributed by atoms with van der Waals surface area (Å²) in [4.78, 5) is 10.4. The monoisotopic (exact) mass is 306 g/mol. The van der Waals surface area contributed by atoms with Gasteiger partial charge in [0.05, 0.1) is 6.61 Å². The summed E-state index contributed by atoms with van der Waals surface area (Å²) >= 11 is 0. The lowest BCUT2D eigenvalue weighted by Gasteiger charge is -2.22. The second kappa shape index (κ2) is 13.5. The molecule has 124 valence electrons. The Hall–Kier alpha value is -1.19. The van der Waals surface area contributed by atoms with Crippen molar-refractivity contribution in [2.75, 3.05) is 13.2 Å². The van der Waals surface area contributed by atoms with Crippen molar-refractivity contribution < 1.29 is 14.3 Å². The highest BCUT2D eigenvalue weighted by atomic mass is 16.7. The molecular weight excluding hydrogens is 276 g/mol. The molecule has 1 heterocycles. The van der Waals surface area contributed by atoms with Crippen LogP contribution in [0.2, 0.25) is 0 Å². The molecule has 2 atom stereocenters. The zero-order chi connectivity index (χ0) is 15.9. The van der Waals surface area contributed by atoms with Gasteiger partial charge in [-0.15, -0.1) is 0 Å². The summed E-state index contributed by atoms with van der Waals surface area (Å²) in [6.07, 6.45) is 21.0. The number of allylic oxidation sites excluding steroid dienone is 6. The topological polar surface area (TPSA) is 35.5 Å². The highest BCUT2D eigenvalue weighted by Gasteiger charge is 2.12. The lowest BCUT2D eigenvalue weighted by atomic mass is 10.2. The number of carbonyl (C=O) groups excluding carboxylic acids is 1. The maximum atomic E-state index is 10.4. The van der Waals surface area contributed by atoms with Gasteiger partial charge in [-0.25, -0.2) is 0 Å². The predicted molar refractivity (Wildman–Crippen MR) is 90.7 cm³/mol. The normalized spacial score (nSPS) is 21.0. The van der Waals surface area contributed by atoms with Gasteiger partial charge in [0.1, 0.15) is 6.29 Å². The van der Waals surface area contributed by atoms with Gasteiger partial charge in [0.25, 0.3) is 0 Å². The molecule has 1 aliphatic rings. The molecule has 0 saturated carbocycles. The van der Waals surface area contributed by atoms with Gasteiger partial charge in [-0.1, -0.05) is 43.4 Å². The number of rotatable bonds is 11. The molecule has 1 rings (SSSR count). The summed E-state index contributed by atoms with van der Waals surface area (Å²) in [5.74, 6) is 0.0227. The van der Waals surface area contributed by atoms with Crippen molar-refractivity contribution in [1.29, 1.82) is 0 Å². The van der Waals surface area contributed by atoms with Crippen molar-refractivity contribution in [2.24, 2.45) is 5.92 Å². The maximum absolute atomic E-state index is 10.4. The molecule has 1 aliphatic heterocycles. The van der Waals surface area contributed by atoms with E-state index in [-0.39, 0.29) is 12.2 Å². The van der Waals surface area contributed by atoms with Gasteiger partial charge in [0.15, 0.2) is 6.29 Å². The lowest BCUT2D eigenvalue weighted by molar-refractivity contribution is -0.162. The van der Waals surface area contributed by atoms with Gasteiger partial charge in [-0.3, -0.25) is 0 Å². The number of hydrogen-bond acceptors (Lipinski definition) is 3. The number of hydrogen-bond donors (Lipinski definition) is 0. The highest BCUT2D eigenvalue weighted by Crippen LogP contribution is 2.13. The van der Waals surface area contributed by atoms with E-state index in [0.29, 0.717) is 0 Å². The van der Waals surface area contributed by atoms with E-state index in [1.165, 1.54) is 12.8 Å². The maximum Gasteiger partial charge on any atom is 0.157 e. The molecular formula is C19H30O3. The Morgan fingerprint density at radius 2 is 1.91 bits per heavy atom. The first-order valence-corrected chi connectivity index (χ1v) is 8.48. The number of unbranched alkanes of at least 4 members (excludes halogenated alkanes) is 1. The Bertz CT molecular complexity index is 352. The van der Waals surface area contributed by atoms with E-state index >= 15 is 0 Å². The van der Waals surface area contributed by atoms with Gasteiger partial charge in [-0.2, -0.15) is 0 Å². The second-order valence-electron chi connectivity index (χ2n) is 5.65. The first-order valence-electron chi connectivity index (χ1n) is 8.48. The SMILES string of the molecule is C[C@@H](C=O)/C=C\C/C=C\C/C=C\CCCOC1CCCCO1. The van der Waals surface area contributed by atoms with Crippen LogP contribution in [0.3, 0.4) is 0 Å². The Morgan fingerprint density at radius 1 is 1.14 bits per heavy atom. The van der Waals surface area contributed by atoms with E-state index in [0.717, 1.165) is 51.6 Å². The van der Waals surface area contributed by atoms with Crippen LogP contribution in [-0.4, -0.2) is 25.8 Å². The predicted octanol–water partition coefficient (Wildman–Crippen LogP) is 4.59. The first kappa shape index (κ1) is 18.9. The third-order valence-corrected chi connectivity index (χ3v) is 3.49. The summed E-state index contributed by atoms with van der Waals surface area (Å²) in [6.45, 7) is 3.52. The van der Waals surface area contributed by atoms with Gasteiger partial charge >= 0.3 is 0 Å². The first-order chi connectivity index (χ1) is 10.8. The van der Waals surface area contributed by atoms with Crippen LogP contribution >= 0.6 is 0 Å². The van der Waals surface area contributed by atoms with Crippen LogP contribution in [0.4, 0.5) is 0 Å². The molecule has 3 heteroatoms. The van der Waals surface area contributed by atoms with Crippen molar-refractivity contribution >= 4 is 6.29 Å². The van der Waals surface area contributed by atoms with E-state index in [1.54, 1.807) is 0 Å². The average molecular weight is 306 g/mol. The molecule has 0 spiro atoms. The van der Waals surface area contributed by atoms with Crippen LogP contribution in [0.15, 0.2) is 36.5 Å². The van der Waals surface area contributed by atoms with Gasteiger partial charge in [0.2, 0.25) is 0 Å². The third kappa shape index (κ3) is 10.5. The molecule has 0 bridgehead atoms. The number of ether oxygens (including phenoxy) is 2. The Kier molecular flexibility index (Phi) is 11.5. The van der Waals surface area contributed by atoms with Crippen LogP contribution in [0.1, 0.15) is 51.9 Å². The van der Waals surface area contributed by atoms with E-state index in [2.05, 4.69) is 24.3 Å². The molecule has 1 fully saturated rings. The largest absolute Gasteiger partial charge is 0.353 e. The summed E-state index contributed by atoms with van der Waals surface area (Å²) < 4.78 is 11.2. The summed E-state index contributed by atoms with van der Waals surface area (Å²) in [5, 5.41) is 0. The standard InChI is InChI=1S/C19H30O3/c1-18(17-20)13-9-7-5-3-2-4-6-8-11-15-21-19-14-10-12-16-22-19/h3-6,9,13,17-19H,2,7-8,10-12,14-16H2,1H3/b5-3-,6-4-,13-9-/t18-,19?/m1/s1. The third-order valence-electron chi connectivity index (χ3n) is 3.49. The van der Waals surface area contributed by atoms with Crippen LogP contribution in [0, 0.1) is 5.92 Å². The van der Waals surface area contributed by atoms with Gasteiger partial charge in [-0.05, 0) is 44.9 Å². The Balaban J connectivity index is 1.91. The minimum atomic E-state index is 0.0227. The molecule has 22 heavy (non-hydrogen) atoms. The van der Waals surface area contributed by atoms with Crippen LogP contribution in [0.5, 0.6) is 0 Å². The molecule has 1 saturated heterocycles. The minimum absolute atomic E-state index is 0.0227. The molecule has 0 radical (unpaired) electrons. The zero-order valence-corrected chi connectivity index (χ0v) is 13.8. The van der Waals surface area contributed by atoms with Crippen LogP contribution in [0.25, 0.3) is 0 Å². The van der Waals surface area contributed by atoms with Crippen molar-refractivity contribution in [3.8, 4) is 0 Å². The van der Waals surface area contributed by atoms with E-state index in [4.69, 9.17) is 9.47 Å². The van der Waals surface area contributed by atoms with E-state index in [1.807, 2.05) is 19.1 Å². The zero-order valence-electron chi connectivity index (χ0n) is 13.8. The van der Waals surface area contributed by atoms with Crippen molar-refractivity contribution in [3.63, 3.8) is 0 Å². The summed E-state index contributed by atoms with van der Waals surface area (Å²) in [6, 6.07) is 0. The highest BCUT2D eigenvalue weighted by molar-refractivity contribution is 5.55. The van der Waals surface area contributed by atoms with Crippen molar-refractivity contribution in [2.45, 2.75) is 58.2 Å². The summed E-state index contributed by atoms with van der Waals surface area (Å²) in [7, 11) is 0. The number of carbonyl (C=O) groups is 1. The fraction of sp³-hybridized carbons (Fsp3) is 0.632. The molecule has 0 N–H and O–H groups in total. The van der Waals surface area contributed by atoms with Crippen LogP contribution < -0.4 is 0 Å². The molecule has 0 aromatic heterocycles. The van der Waals surface area contributed by atoms with Gasteiger partial charge in [0, 0.05) is 12.5 Å². The molecule has 3 nitrogen and oxygen atoms in total. The van der Waals surface area contributed by atoms with Gasteiger partial charge < -0.3 is 14.3 Å². The average Bonchev–Trinajstić information content (AvgIpc) is 2.56. The molecule has 0 amide bonds. The second-order valence-corrected chi connectivity index (χ2v) is 5.65. The smallest absolute Gasteiger partial charge is 0.157 e.